The molecule has 0 bridgehead atoms. The van der Waals surface area contributed by atoms with Crippen molar-refractivity contribution in [1.29, 1.82) is 0 Å². The van der Waals surface area contributed by atoms with Gasteiger partial charge in [-0.1, -0.05) is 49.7 Å². The van der Waals surface area contributed by atoms with Crippen molar-refractivity contribution in [1.82, 2.24) is 0 Å². The topological polar surface area (TPSA) is 35.5 Å². The molecule has 0 saturated heterocycles. The maximum absolute atomic E-state index is 11.6. The molecule has 3 nitrogen and oxygen atoms in total. The standard InChI is InChI=1S/C21H22O3S2/c1-17(7-9-19-5-3-15-25-19)11-13-23-21(22)24-14-12-18(2)8-10-20-6-4-16-26-20/h3-6,15-18H,11-14H2,1-2H3. The van der Waals surface area contributed by atoms with Gasteiger partial charge in [-0.2, -0.15) is 0 Å². The fourth-order valence-corrected chi connectivity index (χ4v) is 3.07. The molecule has 0 fully saturated rings. The summed E-state index contributed by atoms with van der Waals surface area (Å²) in [6.07, 6.45) is 0.758. The van der Waals surface area contributed by atoms with E-state index < -0.39 is 6.16 Å². The van der Waals surface area contributed by atoms with Gasteiger partial charge in [-0.25, -0.2) is 4.79 Å². The third kappa shape index (κ3) is 8.25. The predicted molar refractivity (Wildman–Crippen MR) is 107 cm³/mol. The van der Waals surface area contributed by atoms with E-state index in [2.05, 4.69) is 23.7 Å². The van der Waals surface area contributed by atoms with E-state index in [-0.39, 0.29) is 11.8 Å². The Morgan fingerprint density at radius 2 is 1.38 bits per heavy atom. The summed E-state index contributed by atoms with van der Waals surface area (Å²) >= 11 is 3.24. The highest BCUT2D eigenvalue weighted by Crippen LogP contribution is 2.09. The van der Waals surface area contributed by atoms with Gasteiger partial charge in [0.2, 0.25) is 0 Å². The highest BCUT2D eigenvalue weighted by Gasteiger charge is 2.06. The Bertz CT molecular complexity index is 705. The first kappa shape index (κ1) is 20.1. The maximum atomic E-state index is 11.6. The summed E-state index contributed by atoms with van der Waals surface area (Å²) < 4.78 is 10.2. The van der Waals surface area contributed by atoms with Crippen molar-refractivity contribution in [3.05, 3.63) is 44.8 Å². The Hall–Kier alpha value is -2.21. The zero-order valence-corrected chi connectivity index (χ0v) is 16.6. The molecule has 26 heavy (non-hydrogen) atoms. The molecule has 2 heterocycles. The smallest absolute Gasteiger partial charge is 0.434 e. The van der Waals surface area contributed by atoms with Crippen LogP contribution in [-0.2, 0) is 9.47 Å². The van der Waals surface area contributed by atoms with Crippen LogP contribution in [0.25, 0.3) is 0 Å². The van der Waals surface area contributed by atoms with Crippen LogP contribution in [0.4, 0.5) is 4.79 Å². The normalized spacial score (nSPS) is 12.1. The molecular formula is C21H22O3S2. The van der Waals surface area contributed by atoms with Crippen molar-refractivity contribution in [2.24, 2.45) is 11.8 Å². The van der Waals surface area contributed by atoms with Crippen molar-refractivity contribution in [3.63, 3.8) is 0 Å². The van der Waals surface area contributed by atoms with Crippen LogP contribution in [0.3, 0.4) is 0 Å². The summed E-state index contributed by atoms with van der Waals surface area (Å²) in [4.78, 5) is 13.7. The van der Waals surface area contributed by atoms with Crippen LogP contribution in [0, 0.1) is 35.5 Å². The number of carbonyl (C=O) groups is 1. The first-order chi connectivity index (χ1) is 12.6. The van der Waals surface area contributed by atoms with Gasteiger partial charge in [0.1, 0.15) is 0 Å². The minimum Gasteiger partial charge on any atom is -0.434 e. The Kier molecular flexibility index (Phi) is 8.83. The molecule has 2 aromatic rings. The lowest BCUT2D eigenvalue weighted by Gasteiger charge is -2.08. The van der Waals surface area contributed by atoms with Crippen molar-refractivity contribution >= 4 is 28.8 Å². The molecule has 136 valence electrons. The second-order valence-corrected chi connectivity index (χ2v) is 7.72. The first-order valence-corrected chi connectivity index (χ1v) is 10.3. The van der Waals surface area contributed by atoms with Gasteiger partial charge >= 0.3 is 6.16 Å². The average molecular weight is 387 g/mol. The fraction of sp³-hybridized carbons (Fsp3) is 0.381. The summed E-state index contributed by atoms with van der Waals surface area (Å²) in [5, 5.41) is 4.00. The van der Waals surface area contributed by atoms with Crippen LogP contribution >= 0.6 is 22.7 Å². The first-order valence-electron chi connectivity index (χ1n) is 8.53. The van der Waals surface area contributed by atoms with Crippen LogP contribution in [0.1, 0.15) is 36.4 Å². The molecule has 2 aromatic heterocycles. The molecule has 5 heteroatoms. The number of rotatable bonds is 6. The fourth-order valence-electron chi connectivity index (χ4n) is 1.91. The highest BCUT2D eigenvalue weighted by atomic mass is 32.1. The zero-order valence-electron chi connectivity index (χ0n) is 15.0. The van der Waals surface area contributed by atoms with E-state index >= 15 is 0 Å². The minimum absolute atomic E-state index is 0.164. The van der Waals surface area contributed by atoms with Gasteiger partial charge in [0, 0.05) is 11.8 Å². The number of thiophene rings is 2. The summed E-state index contributed by atoms with van der Waals surface area (Å²) in [5.41, 5.74) is 0. The van der Waals surface area contributed by atoms with E-state index in [4.69, 9.17) is 9.47 Å². The van der Waals surface area contributed by atoms with Gasteiger partial charge in [0.25, 0.3) is 0 Å². The van der Waals surface area contributed by atoms with Crippen molar-refractivity contribution < 1.29 is 14.3 Å². The van der Waals surface area contributed by atoms with Crippen molar-refractivity contribution in [2.45, 2.75) is 26.7 Å². The average Bonchev–Trinajstić information content (AvgIpc) is 3.32. The van der Waals surface area contributed by atoms with Crippen molar-refractivity contribution in [2.75, 3.05) is 13.2 Å². The zero-order chi connectivity index (χ0) is 18.6. The SMILES string of the molecule is CC(C#Cc1cccs1)CCOC(=O)OCCC(C)C#Cc1cccs1. The molecule has 2 rings (SSSR count). The molecule has 0 aliphatic rings. The molecule has 0 spiro atoms. The summed E-state index contributed by atoms with van der Waals surface area (Å²) in [5.74, 6) is 12.9. The van der Waals surface area contributed by atoms with E-state index in [1.807, 2.05) is 48.9 Å². The van der Waals surface area contributed by atoms with E-state index in [0.29, 0.717) is 26.1 Å². The van der Waals surface area contributed by atoms with E-state index in [0.717, 1.165) is 9.75 Å². The molecule has 2 unspecified atom stereocenters. The molecule has 0 radical (unpaired) electrons. The van der Waals surface area contributed by atoms with Crippen LogP contribution in [0.5, 0.6) is 0 Å². The van der Waals surface area contributed by atoms with E-state index in [9.17, 15) is 4.79 Å². The highest BCUT2D eigenvalue weighted by molar-refractivity contribution is 7.10. The Morgan fingerprint density at radius 1 is 0.923 bits per heavy atom. The van der Waals surface area contributed by atoms with Gasteiger partial charge in [0.15, 0.2) is 0 Å². The van der Waals surface area contributed by atoms with Gasteiger partial charge in [-0.15, -0.1) is 22.7 Å². The summed E-state index contributed by atoms with van der Waals surface area (Å²) in [6.45, 7) is 4.66. The largest absolute Gasteiger partial charge is 0.508 e. The van der Waals surface area contributed by atoms with Crippen molar-refractivity contribution in [3.8, 4) is 23.7 Å². The molecule has 0 aliphatic carbocycles. The van der Waals surface area contributed by atoms with E-state index in [1.165, 1.54) is 0 Å². The minimum atomic E-state index is -0.623. The third-order valence-electron chi connectivity index (χ3n) is 3.47. The lowest BCUT2D eigenvalue weighted by molar-refractivity contribution is 0.0511. The maximum Gasteiger partial charge on any atom is 0.508 e. The van der Waals surface area contributed by atoms with Gasteiger partial charge in [-0.3, -0.25) is 0 Å². The van der Waals surface area contributed by atoms with Gasteiger partial charge < -0.3 is 9.47 Å². The number of carbonyl (C=O) groups excluding carboxylic acids is 1. The number of ether oxygens (including phenoxy) is 2. The summed E-state index contributed by atoms with van der Waals surface area (Å²) in [6, 6.07) is 7.94. The van der Waals surface area contributed by atoms with Gasteiger partial charge in [0.05, 0.1) is 23.0 Å². The number of hydrogen-bond donors (Lipinski definition) is 0. The molecule has 0 saturated carbocycles. The lowest BCUT2D eigenvalue weighted by atomic mass is 10.1. The molecule has 0 aliphatic heterocycles. The Labute approximate surface area is 163 Å². The molecular weight excluding hydrogens is 364 g/mol. The quantitative estimate of drug-likeness (QED) is 0.491. The molecule has 2 atom stereocenters. The Morgan fingerprint density at radius 3 is 1.77 bits per heavy atom. The van der Waals surface area contributed by atoms with Crippen LogP contribution < -0.4 is 0 Å². The third-order valence-corrected chi connectivity index (χ3v) is 5.04. The second-order valence-electron chi connectivity index (χ2n) is 5.82. The van der Waals surface area contributed by atoms with E-state index in [1.54, 1.807) is 22.7 Å². The molecule has 0 N–H and O–H groups in total. The summed E-state index contributed by atoms with van der Waals surface area (Å²) in [7, 11) is 0. The predicted octanol–water partition coefficient (Wildman–Crippen LogP) is 5.42. The number of hydrogen-bond acceptors (Lipinski definition) is 5. The molecule has 0 amide bonds. The van der Waals surface area contributed by atoms with Crippen LogP contribution in [-0.4, -0.2) is 19.4 Å². The Balaban J connectivity index is 1.56. The lowest BCUT2D eigenvalue weighted by Crippen LogP contribution is -2.12. The van der Waals surface area contributed by atoms with Gasteiger partial charge in [-0.05, 0) is 35.7 Å². The second kappa shape index (κ2) is 11.4. The molecule has 0 aromatic carbocycles. The van der Waals surface area contributed by atoms with Crippen LogP contribution in [0.15, 0.2) is 35.0 Å². The van der Waals surface area contributed by atoms with Crippen LogP contribution in [0.2, 0.25) is 0 Å². The monoisotopic (exact) mass is 386 g/mol.